The Bertz CT molecular complexity index is 1590. The average Bonchev–Trinajstić information content (AvgIpc) is 3.48. The summed E-state index contributed by atoms with van der Waals surface area (Å²) in [5.74, 6) is 0.603. The van der Waals surface area contributed by atoms with E-state index in [2.05, 4.69) is 69.3 Å². The smallest absolute Gasteiger partial charge is 0.237 e. The first-order valence-electron chi connectivity index (χ1n) is 13.5. The summed E-state index contributed by atoms with van der Waals surface area (Å²) in [4.78, 5) is 4.68. The summed E-state index contributed by atoms with van der Waals surface area (Å²) in [5, 5.41) is 20.9. The Morgan fingerprint density at radius 2 is 1.73 bits per heavy atom. The van der Waals surface area contributed by atoms with E-state index in [0.717, 1.165) is 36.3 Å². The second-order valence-electron chi connectivity index (χ2n) is 9.93. The van der Waals surface area contributed by atoms with Crippen molar-refractivity contribution in [2.45, 2.75) is 25.1 Å². The van der Waals surface area contributed by atoms with Crippen LogP contribution in [0.2, 0.25) is 0 Å². The topological polar surface area (TPSA) is 87.8 Å². The van der Waals surface area contributed by atoms with Gasteiger partial charge in [0.25, 0.3) is 0 Å². The summed E-state index contributed by atoms with van der Waals surface area (Å²) in [6.45, 7) is 2.15. The largest absolute Gasteiger partial charge is 0.469 e. The van der Waals surface area contributed by atoms with Crippen LogP contribution in [0.3, 0.4) is 0 Å². The van der Waals surface area contributed by atoms with E-state index in [1.165, 1.54) is 16.7 Å². The van der Waals surface area contributed by atoms with E-state index >= 15 is 0 Å². The number of fused-ring (bicyclic) bond motifs is 1. The fourth-order valence-electron chi connectivity index (χ4n) is 5.02. The molecule has 0 saturated carbocycles. The van der Waals surface area contributed by atoms with Crippen molar-refractivity contribution in [1.82, 2.24) is 20.1 Å². The van der Waals surface area contributed by atoms with Crippen molar-refractivity contribution in [3.8, 4) is 23.1 Å². The number of nitrogens with one attached hydrogen (secondary N) is 2. The first-order chi connectivity index (χ1) is 19.7. The number of benzene rings is 3. The maximum atomic E-state index is 9.05. The molecule has 0 amide bonds. The molecule has 3 aromatic carbocycles. The minimum Gasteiger partial charge on any atom is -0.469 e. The number of rotatable bonds is 9. The molecule has 7 nitrogen and oxygen atoms in total. The van der Waals surface area contributed by atoms with Crippen LogP contribution in [-0.4, -0.2) is 34.0 Å². The van der Waals surface area contributed by atoms with Crippen LogP contribution in [0.1, 0.15) is 28.3 Å². The van der Waals surface area contributed by atoms with E-state index in [1.54, 1.807) is 0 Å². The number of anilines is 1. The summed E-state index contributed by atoms with van der Waals surface area (Å²) >= 11 is 0. The monoisotopic (exact) mass is 526 g/mol. The maximum absolute atomic E-state index is 9.05. The Morgan fingerprint density at radius 3 is 2.50 bits per heavy atom. The molecule has 0 bridgehead atoms. The first-order valence-corrected chi connectivity index (χ1v) is 13.5. The number of hydrogen-bond acceptors (Lipinski definition) is 6. The Kier molecular flexibility index (Phi) is 7.51. The van der Waals surface area contributed by atoms with Crippen LogP contribution < -0.4 is 15.4 Å². The molecule has 0 spiro atoms. The zero-order valence-corrected chi connectivity index (χ0v) is 22.1. The quantitative estimate of drug-likeness (QED) is 0.260. The molecule has 2 N–H and O–H groups in total. The van der Waals surface area contributed by atoms with Gasteiger partial charge in [-0.05, 0) is 47.9 Å². The second kappa shape index (κ2) is 11.9. The minimum atomic E-state index is -0.136. The van der Waals surface area contributed by atoms with Crippen molar-refractivity contribution in [3.05, 3.63) is 132 Å². The highest BCUT2D eigenvalue weighted by Crippen LogP contribution is 2.34. The summed E-state index contributed by atoms with van der Waals surface area (Å²) in [5.41, 5.74) is 7.13. The number of pyridine rings is 1. The summed E-state index contributed by atoms with van der Waals surface area (Å²) < 4.78 is 8.41. The van der Waals surface area contributed by atoms with Crippen molar-refractivity contribution in [2.75, 3.05) is 18.4 Å². The normalized spacial score (nSPS) is 14.8. The molecule has 2 aromatic heterocycles. The van der Waals surface area contributed by atoms with Gasteiger partial charge in [0.05, 0.1) is 42.6 Å². The Morgan fingerprint density at radius 1 is 0.950 bits per heavy atom. The van der Waals surface area contributed by atoms with Gasteiger partial charge < -0.3 is 15.4 Å². The zero-order chi connectivity index (χ0) is 27.1. The Hall–Kier alpha value is -4.93. The lowest BCUT2D eigenvalue weighted by Gasteiger charge is -2.33. The molecule has 40 heavy (non-hydrogen) atoms. The van der Waals surface area contributed by atoms with Gasteiger partial charge in [-0.15, -0.1) is 0 Å². The van der Waals surface area contributed by atoms with Gasteiger partial charge >= 0.3 is 0 Å². The van der Waals surface area contributed by atoms with Gasteiger partial charge in [0.1, 0.15) is 6.10 Å². The van der Waals surface area contributed by atoms with E-state index in [4.69, 9.17) is 10.00 Å². The van der Waals surface area contributed by atoms with Gasteiger partial charge in [-0.25, -0.2) is 4.98 Å². The van der Waals surface area contributed by atoms with Crippen LogP contribution in [0.25, 0.3) is 11.1 Å². The molecule has 7 heteroatoms. The third-order valence-corrected chi connectivity index (χ3v) is 7.15. The molecule has 3 heterocycles. The summed E-state index contributed by atoms with van der Waals surface area (Å²) in [7, 11) is 0. The van der Waals surface area contributed by atoms with Gasteiger partial charge in [-0.1, -0.05) is 72.8 Å². The number of nitriles is 1. The van der Waals surface area contributed by atoms with Crippen molar-refractivity contribution in [3.63, 3.8) is 0 Å². The Labute approximate surface area is 234 Å². The lowest BCUT2D eigenvalue weighted by molar-refractivity contribution is 0.150. The van der Waals surface area contributed by atoms with Crippen molar-refractivity contribution in [1.29, 1.82) is 5.26 Å². The number of hydrogen-bond donors (Lipinski definition) is 2. The zero-order valence-electron chi connectivity index (χ0n) is 22.1. The molecular formula is C33H30N6O. The average molecular weight is 527 g/mol. The molecule has 0 fully saturated rings. The van der Waals surface area contributed by atoms with E-state index in [1.807, 2.05) is 71.8 Å². The first kappa shape index (κ1) is 25.4. The third-order valence-electron chi connectivity index (χ3n) is 7.15. The third kappa shape index (κ3) is 5.88. The van der Waals surface area contributed by atoms with Crippen molar-refractivity contribution >= 4 is 5.69 Å². The number of aromatic nitrogens is 3. The second-order valence-corrected chi connectivity index (χ2v) is 9.93. The van der Waals surface area contributed by atoms with Crippen molar-refractivity contribution < 1.29 is 4.74 Å². The van der Waals surface area contributed by atoms with Crippen LogP contribution in [0.4, 0.5) is 5.69 Å². The fourth-order valence-corrected chi connectivity index (χ4v) is 5.02. The molecule has 1 aliphatic heterocycles. The molecule has 0 unspecified atom stereocenters. The van der Waals surface area contributed by atoms with E-state index in [-0.39, 0.29) is 12.1 Å². The summed E-state index contributed by atoms with van der Waals surface area (Å²) in [6.07, 6.45) is 6.49. The Balaban J connectivity index is 1.14. The number of nitrogens with zero attached hydrogens (tertiary/aromatic N) is 4. The van der Waals surface area contributed by atoms with Crippen molar-refractivity contribution in [2.24, 2.45) is 0 Å². The van der Waals surface area contributed by atoms with Gasteiger partial charge in [-0.3, -0.25) is 4.68 Å². The standard InChI is InChI=1S/C33H30N6O/c34-18-25-13-11-24(12-14-25)15-16-35-32(27-9-5-2-6-10-27)31-21-36-30-17-28(19-37-33(30)40-31)29-20-38-39(23-29)22-26-7-3-1-4-8-26/h1-14,17,19-20,23,31-32,35-36H,15-16,21-22H2/t31-,32+/m0/s1. The van der Waals surface area contributed by atoms with Crippen LogP contribution in [0.15, 0.2) is 110 Å². The molecule has 5 aromatic rings. The molecule has 198 valence electrons. The molecule has 6 rings (SSSR count). The SMILES string of the molecule is N#Cc1ccc(CCN[C@H](c2ccccc2)[C@@H]2CNc3cc(-c4cnn(Cc5ccccc5)c4)cnc3O2)cc1. The van der Waals surface area contributed by atoms with Gasteiger partial charge in [0.15, 0.2) is 0 Å². The van der Waals surface area contributed by atoms with Gasteiger partial charge in [-0.2, -0.15) is 10.4 Å². The maximum Gasteiger partial charge on any atom is 0.237 e. The van der Waals surface area contributed by atoms with Gasteiger partial charge in [0.2, 0.25) is 5.88 Å². The minimum absolute atomic E-state index is 0.0158. The van der Waals surface area contributed by atoms with E-state index in [0.29, 0.717) is 18.0 Å². The lowest BCUT2D eigenvalue weighted by Crippen LogP contribution is -2.43. The fraction of sp³-hybridized carbons (Fsp3) is 0.182. The molecule has 0 saturated heterocycles. The predicted molar refractivity (Wildman–Crippen MR) is 156 cm³/mol. The van der Waals surface area contributed by atoms with Gasteiger partial charge in [0, 0.05) is 23.5 Å². The predicted octanol–water partition coefficient (Wildman–Crippen LogP) is 5.61. The number of ether oxygens (including phenoxy) is 1. The summed E-state index contributed by atoms with van der Waals surface area (Å²) in [6, 6.07) is 32.7. The highest BCUT2D eigenvalue weighted by Gasteiger charge is 2.29. The van der Waals surface area contributed by atoms with Crippen LogP contribution >= 0.6 is 0 Å². The molecule has 0 radical (unpaired) electrons. The van der Waals surface area contributed by atoms with E-state index in [9.17, 15) is 0 Å². The van der Waals surface area contributed by atoms with Crippen LogP contribution in [0.5, 0.6) is 5.88 Å². The highest BCUT2D eigenvalue weighted by atomic mass is 16.5. The molecule has 0 aliphatic carbocycles. The molecule has 2 atom stereocenters. The lowest BCUT2D eigenvalue weighted by atomic mass is 9.99. The van der Waals surface area contributed by atoms with Crippen LogP contribution in [0, 0.1) is 11.3 Å². The molecule has 1 aliphatic rings. The van der Waals surface area contributed by atoms with Crippen LogP contribution in [-0.2, 0) is 13.0 Å². The van der Waals surface area contributed by atoms with E-state index < -0.39 is 0 Å². The highest BCUT2D eigenvalue weighted by molar-refractivity contribution is 5.69. The molecular weight excluding hydrogens is 496 g/mol.